The molecule has 0 radical (unpaired) electrons. The van der Waals surface area contributed by atoms with Crippen LogP contribution in [-0.4, -0.2) is 26.1 Å². The van der Waals surface area contributed by atoms with Crippen molar-refractivity contribution >= 4 is 17.9 Å². The maximum absolute atomic E-state index is 10.7. The molecule has 0 spiro atoms. The van der Waals surface area contributed by atoms with Gasteiger partial charge in [-0.15, -0.1) is 0 Å². The number of benzene rings is 1. The van der Waals surface area contributed by atoms with Crippen LogP contribution in [-0.2, 0) is 4.74 Å². The van der Waals surface area contributed by atoms with Crippen molar-refractivity contribution in [2.24, 2.45) is 5.92 Å². The molecule has 1 saturated heterocycles. The molecular weight excluding hydrogens is 228 g/mol. The first-order chi connectivity index (χ1) is 7.79. The van der Waals surface area contributed by atoms with E-state index in [-0.39, 0.29) is 0 Å². The normalized spacial score (nSPS) is 19.7. The van der Waals surface area contributed by atoms with Gasteiger partial charge < -0.3 is 9.47 Å². The Balaban J connectivity index is 1.95. The van der Waals surface area contributed by atoms with Crippen LogP contribution >= 0.6 is 11.6 Å². The van der Waals surface area contributed by atoms with Crippen LogP contribution < -0.4 is 4.74 Å². The zero-order valence-corrected chi connectivity index (χ0v) is 9.57. The van der Waals surface area contributed by atoms with Crippen LogP contribution in [0.1, 0.15) is 16.8 Å². The standard InChI is InChI=1S/C12H13ClO3/c13-12-2-1-11(5-10(12)6-14)16-8-9-3-4-15-7-9/h1-2,5-6,9H,3-4,7-8H2. The summed E-state index contributed by atoms with van der Waals surface area (Å²) in [6, 6.07) is 5.10. The second-order valence-corrected chi connectivity index (χ2v) is 4.25. The van der Waals surface area contributed by atoms with Gasteiger partial charge >= 0.3 is 0 Å². The molecule has 1 fully saturated rings. The number of aldehydes is 1. The Morgan fingerprint density at radius 1 is 1.56 bits per heavy atom. The Hall–Kier alpha value is -1.06. The Morgan fingerprint density at radius 2 is 2.44 bits per heavy atom. The zero-order chi connectivity index (χ0) is 11.4. The second kappa shape index (κ2) is 5.32. The zero-order valence-electron chi connectivity index (χ0n) is 8.82. The molecular formula is C12H13ClO3. The van der Waals surface area contributed by atoms with E-state index in [2.05, 4.69) is 0 Å². The molecule has 1 aromatic rings. The van der Waals surface area contributed by atoms with Gasteiger partial charge in [-0.25, -0.2) is 0 Å². The molecule has 1 aromatic carbocycles. The van der Waals surface area contributed by atoms with Crippen LogP contribution in [0, 0.1) is 5.92 Å². The third-order valence-electron chi connectivity index (χ3n) is 2.60. The fourth-order valence-electron chi connectivity index (χ4n) is 1.63. The number of ether oxygens (including phenoxy) is 2. The predicted molar refractivity (Wildman–Crippen MR) is 61.3 cm³/mol. The van der Waals surface area contributed by atoms with Gasteiger partial charge in [0.1, 0.15) is 5.75 Å². The van der Waals surface area contributed by atoms with Crippen LogP contribution in [0.25, 0.3) is 0 Å². The number of halogens is 1. The first kappa shape index (κ1) is 11.4. The van der Waals surface area contributed by atoms with E-state index in [1.165, 1.54) is 0 Å². The Labute approximate surface area is 99.3 Å². The SMILES string of the molecule is O=Cc1cc(OCC2CCOC2)ccc1Cl. The van der Waals surface area contributed by atoms with E-state index in [9.17, 15) is 4.79 Å². The van der Waals surface area contributed by atoms with Gasteiger partial charge in [0.2, 0.25) is 0 Å². The highest BCUT2D eigenvalue weighted by Crippen LogP contribution is 2.22. The Bertz CT molecular complexity index is 373. The Morgan fingerprint density at radius 3 is 3.12 bits per heavy atom. The smallest absolute Gasteiger partial charge is 0.151 e. The molecule has 86 valence electrons. The first-order valence-corrected chi connectivity index (χ1v) is 5.62. The molecule has 4 heteroatoms. The molecule has 0 N–H and O–H groups in total. The highest BCUT2D eigenvalue weighted by atomic mass is 35.5. The van der Waals surface area contributed by atoms with Crippen LogP contribution in [0.15, 0.2) is 18.2 Å². The molecule has 0 aromatic heterocycles. The molecule has 16 heavy (non-hydrogen) atoms. The van der Waals surface area contributed by atoms with Gasteiger partial charge in [-0.2, -0.15) is 0 Å². The monoisotopic (exact) mass is 240 g/mol. The number of carbonyl (C=O) groups is 1. The van der Waals surface area contributed by atoms with Crippen molar-refractivity contribution in [1.82, 2.24) is 0 Å². The molecule has 1 heterocycles. The van der Waals surface area contributed by atoms with Crippen molar-refractivity contribution < 1.29 is 14.3 Å². The van der Waals surface area contributed by atoms with Crippen molar-refractivity contribution in [3.63, 3.8) is 0 Å². The summed E-state index contributed by atoms with van der Waals surface area (Å²) >= 11 is 5.82. The number of hydrogen-bond acceptors (Lipinski definition) is 3. The lowest BCUT2D eigenvalue weighted by atomic mass is 10.1. The molecule has 2 rings (SSSR count). The largest absolute Gasteiger partial charge is 0.493 e. The molecule has 1 aliphatic rings. The highest BCUT2D eigenvalue weighted by molar-refractivity contribution is 6.32. The lowest BCUT2D eigenvalue weighted by molar-refractivity contribution is 0.112. The van der Waals surface area contributed by atoms with Gasteiger partial charge in [0.25, 0.3) is 0 Å². The van der Waals surface area contributed by atoms with Gasteiger partial charge in [-0.05, 0) is 24.6 Å². The summed E-state index contributed by atoms with van der Waals surface area (Å²) in [5.41, 5.74) is 0.460. The molecule has 1 atom stereocenters. The molecule has 0 amide bonds. The van der Waals surface area contributed by atoms with Crippen LogP contribution in [0.5, 0.6) is 5.75 Å². The summed E-state index contributed by atoms with van der Waals surface area (Å²) in [5, 5.41) is 0.451. The molecule has 0 aliphatic carbocycles. The van der Waals surface area contributed by atoms with Gasteiger partial charge in [0.15, 0.2) is 6.29 Å². The van der Waals surface area contributed by atoms with Gasteiger partial charge in [0.05, 0.1) is 18.2 Å². The third-order valence-corrected chi connectivity index (χ3v) is 2.95. The van der Waals surface area contributed by atoms with E-state index in [1.807, 2.05) is 0 Å². The van der Waals surface area contributed by atoms with Crippen molar-refractivity contribution in [1.29, 1.82) is 0 Å². The Kier molecular flexibility index (Phi) is 3.80. The van der Waals surface area contributed by atoms with Crippen LogP contribution in [0.4, 0.5) is 0 Å². The molecule has 0 bridgehead atoms. The summed E-state index contributed by atoms with van der Waals surface area (Å²) in [6.45, 7) is 2.20. The minimum atomic E-state index is 0.451. The van der Waals surface area contributed by atoms with Crippen LogP contribution in [0.3, 0.4) is 0 Å². The summed E-state index contributed by atoms with van der Waals surface area (Å²) in [7, 11) is 0. The van der Waals surface area contributed by atoms with E-state index < -0.39 is 0 Å². The second-order valence-electron chi connectivity index (χ2n) is 3.84. The lowest BCUT2D eigenvalue weighted by Crippen LogP contribution is -2.11. The van der Waals surface area contributed by atoms with Crippen molar-refractivity contribution in [3.8, 4) is 5.75 Å². The topological polar surface area (TPSA) is 35.5 Å². The third kappa shape index (κ3) is 2.74. The van der Waals surface area contributed by atoms with E-state index in [1.54, 1.807) is 18.2 Å². The molecule has 1 unspecified atom stereocenters. The van der Waals surface area contributed by atoms with E-state index in [0.717, 1.165) is 25.9 Å². The average Bonchev–Trinajstić information content (AvgIpc) is 2.81. The quantitative estimate of drug-likeness (QED) is 0.759. The van der Waals surface area contributed by atoms with E-state index in [0.29, 0.717) is 28.9 Å². The highest BCUT2D eigenvalue weighted by Gasteiger charge is 2.16. The fourth-order valence-corrected chi connectivity index (χ4v) is 1.79. The maximum Gasteiger partial charge on any atom is 0.151 e. The molecule has 3 nitrogen and oxygen atoms in total. The van der Waals surface area contributed by atoms with Crippen LogP contribution in [0.2, 0.25) is 5.02 Å². The fraction of sp³-hybridized carbons (Fsp3) is 0.417. The summed E-state index contributed by atoms with van der Waals surface area (Å²) in [4.78, 5) is 10.7. The summed E-state index contributed by atoms with van der Waals surface area (Å²) in [6.07, 6.45) is 1.77. The van der Waals surface area contributed by atoms with E-state index in [4.69, 9.17) is 21.1 Å². The number of carbonyl (C=O) groups excluding carboxylic acids is 1. The molecule has 0 saturated carbocycles. The van der Waals surface area contributed by atoms with Gasteiger partial charge in [0, 0.05) is 18.1 Å². The first-order valence-electron chi connectivity index (χ1n) is 5.25. The van der Waals surface area contributed by atoms with Crippen molar-refractivity contribution in [2.75, 3.05) is 19.8 Å². The number of hydrogen-bond donors (Lipinski definition) is 0. The van der Waals surface area contributed by atoms with E-state index >= 15 is 0 Å². The van der Waals surface area contributed by atoms with Crippen molar-refractivity contribution in [2.45, 2.75) is 6.42 Å². The minimum absolute atomic E-state index is 0.451. The average molecular weight is 241 g/mol. The van der Waals surface area contributed by atoms with Gasteiger partial charge in [-0.1, -0.05) is 11.6 Å². The lowest BCUT2D eigenvalue weighted by Gasteiger charge is -2.10. The maximum atomic E-state index is 10.7. The molecule has 1 aliphatic heterocycles. The minimum Gasteiger partial charge on any atom is -0.493 e. The number of rotatable bonds is 4. The predicted octanol–water partition coefficient (Wildman–Crippen LogP) is 2.57. The summed E-state index contributed by atoms with van der Waals surface area (Å²) < 4.78 is 10.8. The van der Waals surface area contributed by atoms with Crippen molar-refractivity contribution in [3.05, 3.63) is 28.8 Å². The summed E-state index contributed by atoms with van der Waals surface area (Å²) in [5.74, 6) is 1.13. The van der Waals surface area contributed by atoms with Gasteiger partial charge in [-0.3, -0.25) is 4.79 Å².